The molecule has 0 aliphatic heterocycles. The maximum Gasteiger partial charge on any atom is 0.203 e. The van der Waals surface area contributed by atoms with E-state index in [-0.39, 0.29) is 10.8 Å². The second-order valence-electron chi connectivity index (χ2n) is 11.5. The molecule has 2 aromatic carbocycles. The second-order valence-corrected chi connectivity index (χ2v) is 14.5. The number of rotatable bonds is 8. The standard InChI is InChI=1S/C31H40O2S2/c1-9-10-11-12-22(2)35(32,33)28-21-27(23-13-17-25(18-14-23)30(3,4)5)34-29(28)24-15-19-26(20-16-24)31(6,7)8/h13-21H,2,9-12H2,1,3-8H3. The largest absolute Gasteiger partial charge is 0.219 e. The van der Waals surface area contributed by atoms with E-state index in [0.29, 0.717) is 16.2 Å². The molecule has 0 aliphatic rings. The van der Waals surface area contributed by atoms with Crippen LogP contribution in [0.5, 0.6) is 0 Å². The smallest absolute Gasteiger partial charge is 0.203 e. The summed E-state index contributed by atoms with van der Waals surface area (Å²) in [5, 5.41) is 0. The second kappa shape index (κ2) is 10.4. The maximum atomic E-state index is 13.7. The van der Waals surface area contributed by atoms with Gasteiger partial charge in [-0.1, -0.05) is 116 Å². The number of allylic oxidation sites excluding steroid dienone is 1. The van der Waals surface area contributed by atoms with Crippen molar-refractivity contribution in [3.63, 3.8) is 0 Å². The summed E-state index contributed by atoms with van der Waals surface area (Å²) in [5.41, 5.74) is 4.56. The highest BCUT2D eigenvalue weighted by Crippen LogP contribution is 2.43. The highest BCUT2D eigenvalue weighted by atomic mass is 32.2. The molecule has 35 heavy (non-hydrogen) atoms. The predicted molar refractivity (Wildman–Crippen MR) is 153 cm³/mol. The van der Waals surface area contributed by atoms with Crippen LogP contribution in [-0.2, 0) is 20.7 Å². The average Bonchev–Trinajstić information content (AvgIpc) is 3.24. The molecule has 1 aromatic heterocycles. The van der Waals surface area contributed by atoms with Crippen molar-refractivity contribution in [2.75, 3.05) is 0 Å². The molecule has 4 heteroatoms. The van der Waals surface area contributed by atoms with Gasteiger partial charge in [-0.05, 0) is 52.0 Å². The normalized spacial score (nSPS) is 12.7. The quantitative estimate of drug-likeness (QED) is 0.284. The van der Waals surface area contributed by atoms with Crippen LogP contribution in [0.2, 0.25) is 0 Å². The summed E-state index contributed by atoms with van der Waals surface area (Å²) in [7, 11) is -3.64. The lowest BCUT2D eigenvalue weighted by atomic mass is 9.86. The van der Waals surface area contributed by atoms with E-state index in [4.69, 9.17) is 0 Å². The van der Waals surface area contributed by atoms with Gasteiger partial charge in [0.05, 0.1) is 9.77 Å². The molecule has 0 spiro atoms. The summed E-state index contributed by atoms with van der Waals surface area (Å²) in [6.45, 7) is 19.2. The van der Waals surface area contributed by atoms with Gasteiger partial charge in [0.2, 0.25) is 9.84 Å². The van der Waals surface area contributed by atoms with Gasteiger partial charge < -0.3 is 0 Å². The monoisotopic (exact) mass is 508 g/mol. The molecule has 0 saturated heterocycles. The van der Waals surface area contributed by atoms with Crippen LogP contribution in [0.4, 0.5) is 0 Å². The van der Waals surface area contributed by atoms with Crippen molar-refractivity contribution in [1.82, 2.24) is 0 Å². The first-order valence-corrected chi connectivity index (χ1v) is 14.8. The minimum atomic E-state index is -3.64. The lowest BCUT2D eigenvalue weighted by Gasteiger charge is -2.19. The first kappa shape index (κ1) is 27.4. The molecule has 0 aliphatic carbocycles. The van der Waals surface area contributed by atoms with Gasteiger partial charge in [0.25, 0.3) is 0 Å². The van der Waals surface area contributed by atoms with E-state index in [1.54, 1.807) is 11.3 Å². The van der Waals surface area contributed by atoms with Crippen molar-refractivity contribution in [2.24, 2.45) is 0 Å². The van der Waals surface area contributed by atoms with Crippen molar-refractivity contribution >= 4 is 21.2 Å². The lowest BCUT2D eigenvalue weighted by Crippen LogP contribution is -2.10. The highest BCUT2D eigenvalue weighted by Gasteiger charge is 2.27. The van der Waals surface area contributed by atoms with Crippen LogP contribution >= 0.6 is 11.3 Å². The number of unbranched alkanes of at least 4 members (excludes halogenated alkanes) is 2. The minimum absolute atomic E-state index is 0.0381. The zero-order valence-corrected chi connectivity index (χ0v) is 24.0. The van der Waals surface area contributed by atoms with E-state index in [1.165, 1.54) is 11.1 Å². The first-order valence-electron chi connectivity index (χ1n) is 12.5. The van der Waals surface area contributed by atoms with Crippen LogP contribution < -0.4 is 0 Å². The lowest BCUT2D eigenvalue weighted by molar-refractivity contribution is 0.590. The van der Waals surface area contributed by atoms with Gasteiger partial charge in [-0.2, -0.15) is 0 Å². The molecule has 1 heterocycles. The van der Waals surface area contributed by atoms with Crippen molar-refractivity contribution in [3.8, 4) is 20.9 Å². The number of benzene rings is 2. The third-order valence-electron chi connectivity index (χ3n) is 6.48. The fourth-order valence-corrected chi connectivity index (χ4v) is 6.99. The first-order chi connectivity index (χ1) is 16.2. The van der Waals surface area contributed by atoms with E-state index >= 15 is 0 Å². The Morgan fingerprint density at radius 1 is 0.800 bits per heavy atom. The van der Waals surface area contributed by atoms with Crippen LogP contribution in [0.1, 0.15) is 85.3 Å². The molecular formula is C31H40O2S2. The van der Waals surface area contributed by atoms with Crippen LogP contribution in [-0.4, -0.2) is 8.42 Å². The van der Waals surface area contributed by atoms with Gasteiger partial charge in [0, 0.05) is 9.78 Å². The third-order valence-corrected chi connectivity index (χ3v) is 9.70. The molecule has 188 valence electrons. The van der Waals surface area contributed by atoms with Gasteiger partial charge in [0.15, 0.2) is 0 Å². The Balaban J connectivity index is 2.10. The Labute approximate surface area is 217 Å². The Morgan fingerprint density at radius 2 is 1.29 bits per heavy atom. The van der Waals surface area contributed by atoms with Gasteiger partial charge in [-0.15, -0.1) is 11.3 Å². The zero-order valence-electron chi connectivity index (χ0n) is 22.4. The number of hydrogen-bond donors (Lipinski definition) is 0. The fraction of sp³-hybridized carbons (Fsp3) is 0.419. The number of hydrogen-bond acceptors (Lipinski definition) is 3. The summed E-state index contributed by atoms with van der Waals surface area (Å²) in [5.74, 6) is 0. The fourth-order valence-electron chi connectivity index (χ4n) is 4.04. The van der Waals surface area contributed by atoms with Crippen LogP contribution in [0.25, 0.3) is 20.9 Å². The van der Waals surface area contributed by atoms with Crippen molar-refractivity contribution in [3.05, 3.63) is 77.2 Å². The third kappa shape index (κ3) is 6.34. The summed E-state index contributed by atoms with van der Waals surface area (Å²) < 4.78 is 27.4. The van der Waals surface area contributed by atoms with Gasteiger partial charge >= 0.3 is 0 Å². The molecule has 0 atom stereocenters. The van der Waals surface area contributed by atoms with E-state index in [1.807, 2.05) is 6.07 Å². The van der Waals surface area contributed by atoms with Crippen molar-refractivity contribution in [2.45, 2.75) is 89.9 Å². The van der Waals surface area contributed by atoms with Crippen LogP contribution in [0, 0.1) is 0 Å². The molecule has 0 saturated carbocycles. The molecule has 0 amide bonds. The molecule has 0 bridgehead atoms. The van der Waals surface area contributed by atoms with E-state index < -0.39 is 9.84 Å². The Hall–Kier alpha value is -2.17. The summed E-state index contributed by atoms with van der Waals surface area (Å²) in [4.78, 5) is 2.44. The Kier molecular flexibility index (Phi) is 8.18. The van der Waals surface area contributed by atoms with Crippen LogP contribution in [0.15, 0.2) is 71.0 Å². The maximum absolute atomic E-state index is 13.7. The molecule has 0 unspecified atom stereocenters. The van der Waals surface area contributed by atoms with E-state index in [2.05, 4.69) is 104 Å². The van der Waals surface area contributed by atoms with Crippen molar-refractivity contribution < 1.29 is 8.42 Å². The summed E-state index contributed by atoms with van der Waals surface area (Å²) in [6.07, 6.45) is 3.40. The SMILES string of the molecule is C=C(CCCCC)S(=O)(=O)c1cc(-c2ccc(C(C)(C)C)cc2)sc1-c1ccc(C(C)(C)C)cc1. The van der Waals surface area contributed by atoms with Gasteiger partial charge in [0.1, 0.15) is 0 Å². The Bertz CT molecular complexity index is 1260. The molecule has 0 fully saturated rings. The topological polar surface area (TPSA) is 34.1 Å². The molecule has 2 nitrogen and oxygen atoms in total. The average molecular weight is 509 g/mol. The molecule has 3 aromatic rings. The predicted octanol–water partition coefficient (Wildman–Crippen LogP) is 9.54. The molecule has 3 rings (SSSR count). The molecule has 0 N–H and O–H groups in total. The molecular weight excluding hydrogens is 468 g/mol. The highest BCUT2D eigenvalue weighted by molar-refractivity contribution is 7.95. The summed E-state index contributed by atoms with van der Waals surface area (Å²) in [6, 6.07) is 18.7. The molecule has 0 radical (unpaired) electrons. The summed E-state index contributed by atoms with van der Waals surface area (Å²) >= 11 is 1.54. The Morgan fingerprint density at radius 3 is 1.74 bits per heavy atom. The zero-order chi connectivity index (χ0) is 26.0. The van der Waals surface area contributed by atoms with Crippen LogP contribution in [0.3, 0.4) is 0 Å². The van der Waals surface area contributed by atoms with Gasteiger partial charge in [-0.25, -0.2) is 8.42 Å². The van der Waals surface area contributed by atoms with E-state index in [9.17, 15) is 8.42 Å². The number of thiophene rings is 1. The number of sulfone groups is 1. The van der Waals surface area contributed by atoms with Crippen molar-refractivity contribution in [1.29, 1.82) is 0 Å². The van der Waals surface area contributed by atoms with Gasteiger partial charge in [-0.3, -0.25) is 0 Å². The van der Waals surface area contributed by atoms with E-state index in [0.717, 1.165) is 40.1 Å². The minimum Gasteiger partial charge on any atom is -0.219 e.